The number of carbonyl (C=O) groups is 3. The van der Waals surface area contributed by atoms with Crippen molar-refractivity contribution in [1.29, 1.82) is 0 Å². The van der Waals surface area contributed by atoms with E-state index in [0.29, 0.717) is 29.3 Å². The number of cyclic esters (lactones) is 1. The number of nitrogens with zero attached hydrogens (tertiary/aromatic N) is 1. The molecule has 2 N–H and O–H groups in total. The number of nitrogens with one attached hydrogen (secondary N) is 2. The topological polar surface area (TPSA) is 97.0 Å². The van der Waals surface area contributed by atoms with Gasteiger partial charge in [-0.05, 0) is 31.5 Å². The molecule has 8 heteroatoms. The molecule has 31 heavy (non-hydrogen) atoms. The van der Waals surface area contributed by atoms with Crippen LogP contribution in [0, 0.1) is 6.92 Å². The Hall–Kier alpha value is -3.81. The highest BCUT2D eigenvalue weighted by molar-refractivity contribution is 6.00. The number of esters is 1. The molecule has 2 aromatic carbocycles. The van der Waals surface area contributed by atoms with Crippen LogP contribution in [0.2, 0.25) is 0 Å². The maximum absolute atomic E-state index is 12.9. The number of ether oxygens (including phenoxy) is 2. The van der Waals surface area contributed by atoms with Crippen LogP contribution in [0.1, 0.15) is 24.1 Å². The first-order valence-corrected chi connectivity index (χ1v) is 10.0. The minimum absolute atomic E-state index is 0.0488. The van der Waals surface area contributed by atoms with E-state index in [2.05, 4.69) is 10.6 Å². The molecule has 160 valence electrons. The molecule has 0 radical (unpaired) electrons. The van der Waals surface area contributed by atoms with Crippen LogP contribution in [0.3, 0.4) is 0 Å². The van der Waals surface area contributed by atoms with Gasteiger partial charge in [-0.2, -0.15) is 0 Å². The molecule has 0 saturated heterocycles. The SMILES string of the molecule is CCOc1ccccc1NC(=O)CN1C(=O)NC(c2ccc(C)cc2)C2=C1COC2=O. The first-order valence-electron chi connectivity index (χ1n) is 10.0. The molecule has 8 nitrogen and oxygen atoms in total. The first kappa shape index (κ1) is 20.5. The van der Waals surface area contributed by atoms with Gasteiger partial charge in [0, 0.05) is 0 Å². The number of aryl methyl sites for hydroxylation is 1. The highest BCUT2D eigenvalue weighted by Gasteiger charge is 2.42. The van der Waals surface area contributed by atoms with E-state index in [0.717, 1.165) is 11.1 Å². The van der Waals surface area contributed by atoms with Crippen LogP contribution >= 0.6 is 0 Å². The minimum Gasteiger partial charge on any atom is -0.492 e. The van der Waals surface area contributed by atoms with Crippen molar-refractivity contribution in [2.45, 2.75) is 19.9 Å². The fourth-order valence-electron chi connectivity index (χ4n) is 3.67. The lowest BCUT2D eigenvalue weighted by molar-refractivity contribution is -0.136. The Kier molecular flexibility index (Phi) is 5.62. The van der Waals surface area contributed by atoms with E-state index < -0.39 is 23.9 Å². The molecule has 1 atom stereocenters. The van der Waals surface area contributed by atoms with E-state index in [4.69, 9.17) is 9.47 Å². The van der Waals surface area contributed by atoms with Crippen molar-refractivity contribution in [1.82, 2.24) is 10.2 Å². The normalized spacial score (nSPS) is 17.7. The van der Waals surface area contributed by atoms with Gasteiger partial charge in [-0.25, -0.2) is 9.59 Å². The zero-order valence-corrected chi connectivity index (χ0v) is 17.3. The maximum Gasteiger partial charge on any atom is 0.338 e. The van der Waals surface area contributed by atoms with Crippen LogP contribution in [0.4, 0.5) is 10.5 Å². The quantitative estimate of drug-likeness (QED) is 0.699. The summed E-state index contributed by atoms with van der Waals surface area (Å²) in [5.41, 5.74) is 3.12. The smallest absolute Gasteiger partial charge is 0.338 e. The van der Waals surface area contributed by atoms with E-state index in [-0.39, 0.29) is 13.2 Å². The highest BCUT2D eigenvalue weighted by atomic mass is 16.5. The van der Waals surface area contributed by atoms with Gasteiger partial charge in [0.15, 0.2) is 0 Å². The third kappa shape index (κ3) is 4.09. The summed E-state index contributed by atoms with van der Waals surface area (Å²) in [6.07, 6.45) is 0. The molecule has 0 fully saturated rings. The number of urea groups is 1. The average molecular weight is 421 g/mol. The molecule has 0 saturated carbocycles. The predicted octanol–water partition coefficient (Wildman–Crippen LogP) is 2.91. The van der Waals surface area contributed by atoms with E-state index >= 15 is 0 Å². The molecule has 4 rings (SSSR count). The van der Waals surface area contributed by atoms with Crippen molar-refractivity contribution in [3.05, 3.63) is 70.9 Å². The second kappa shape index (κ2) is 8.51. The van der Waals surface area contributed by atoms with Crippen LogP contribution in [-0.2, 0) is 14.3 Å². The summed E-state index contributed by atoms with van der Waals surface area (Å²) in [6, 6.07) is 13.5. The van der Waals surface area contributed by atoms with Crippen molar-refractivity contribution in [3.8, 4) is 5.75 Å². The molecule has 0 bridgehead atoms. The second-order valence-electron chi connectivity index (χ2n) is 7.29. The molecule has 3 amide bonds. The minimum atomic E-state index is -0.615. The summed E-state index contributed by atoms with van der Waals surface area (Å²) < 4.78 is 10.7. The molecule has 2 aromatic rings. The van der Waals surface area contributed by atoms with Gasteiger partial charge in [0.05, 0.1) is 29.6 Å². The third-order valence-corrected chi connectivity index (χ3v) is 5.17. The Morgan fingerprint density at radius 2 is 1.94 bits per heavy atom. The summed E-state index contributed by atoms with van der Waals surface area (Å²) in [5, 5.41) is 5.60. The lowest BCUT2D eigenvalue weighted by Crippen LogP contribution is -2.49. The van der Waals surface area contributed by atoms with Gasteiger partial charge in [-0.1, -0.05) is 42.0 Å². The van der Waals surface area contributed by atoms with Crippen molar-refractivity contribution in [3.63, 3.8) is 0 Å². The van der Waals surface area contributed by atoms with Gasteiger partial charge in [0.2, 0.25) is 5.91 Å². The monoisotopic (exact) mass is 421 g/mol. The molecule has 2 aliphatic heterocycles. The number of para-hydroxylation sites is 2. The van der Waals surface area contributed by atoms with Gasteiger partial charge >= 0.3 is 12.0 Å². The Balaban J connectivity index is 1.57. The number of benzene rings is 2. The lowest BCUT2D eigenvalue weighted by atomic mass is 9.95. The van der Waals surface area contributed by atoms with Crippen molar-refractivity contribution in [2.75, 3.05) is 25.1 Å². The van der Waals surface area contributed by atoms with Crippen LogP contribution in [0.25, 0.3) is 0 Å². The van der Waals surface area contributed by atoms with Gasteiger partial charge in [0.1, 0.15) is 18.9 Å². The summed E-state index contributed by atoms with van der Waals surface area (Å²) in [4.78, 5) is 39.2. The molecule has 0 spiro atoms. The third-order valence-electron chi connectivity index (χ3n) is 5.17. The number of hydrogen-bond donors (Lipinski definition) is 2. The first-order chi connectivity index (χ1) is 15.0. The zero-order valence-electron chi connectivity index (χ0n) is 17.3. The van der Waals surface area contributed by atoms with Crippen LogP contribution in [-0.4, -0.2) is 42.6 Å². The molecule has 2 aliphatic rings. The summed E-state index contributed by atoms with van der Waals surface area (Å²) in [7, 11) is 0. The zero-order chi connectivity index (χ0) is 22.0. The van der Waals surface area contributed by atoms with Gasteiger partial charge in [-0.3, -0.25) is 9.69 Å². The molecule has 0 aliphatic carbocycles. The van der Waals surface area contributed by atoms with Gasteiger partial charge in [0.25, 0.3) is 0 Å². The molecule has 2 heterocycles. The Labute approximate surface area is 179 Å². The number of carbonyl (C=O) groups excluding carboxylic acids is 3. The molecule has 0 aromatic heterocycles. The largest absolute Gasteiger partial charge is 0.492 e. The van der Waals surface area contributed by atoms with Gasteiger partial charge < -0.3 is 20.1 Å². The Bertz CT molecular complexity index is 1060. The van der Waals surface area contributed by atoms with Crippen LogP contribution in [0.15, 0.2) is 59.8 Å². The standard InChI is InChI=1S/C23H23N3O5/c1-3-30-18-7-5-4-6-16(18)24-19(27)12-26-17-13-31-22(28)20(17)21(25-23(26)29)15-10-8-14(2)9-11-15/h4-11,21H,3,12-13H2,1-2H3,(H,24,27)(H,25,29). The summed E-state index contributed by atoms with van der Waals surface area (Å²) in [6.45, 7) is 3.96. The van der Waals surface area contributed by atoms with Crippen molar-refractivity contribution >= 4 is 23.6 Å². The Morgan fingerprint density at radius 1 is 1.19 bits per heavy atom. The maximum atomic E-state index is 12.9. The fourth-order valence-corrected chi connectivity index (χ4v) is 3.67. The fraction of sp³-hybridized carbons (Fsp3) is 0.261. The van der Waals surface area contributed by atoms with E-state index in [1.165, 1.54) is 4.90 Å². The number of amides is 3. The van der Waals surface area contributed by atoms with Crippen molar-refractivity contribution in [2.24, 2.45) is 0 Å². The number of anilines is 1. The summed E-state index contributed by atoms with van der Waals surface area (Å²) >= 11 is 0. The lowest BCUT2D eigenvalue weighted by Gasteiger charge is -2.32. The molecule has 1 unspecified atom stereocenters. The van der Waals surface area contributed by atoms with E-state index in [1.807, 2.05) is 44.2 Å². The van der Waals surface area contributed by atoms with E-state index in [1.54, 1.807) is 18.2 Å². The average Bonchev–Trinajstić information content (AvgIpc) is 3.14. The Morgan fingerprint density at radius 3 is 2.68 bits per heavy atom. The number of hydrogen-bond acceptors (Lipinski definition) is 5. The molecular formula is C23H23N3O5. The summed E-state index contributed by atoms with van der Waals surface area (Å²) in [5.74, 6) is -0.366. The van der Waals surface area contributed by atoms with Gasteiger partial charge in [-0.15, -0.1) is 0 Å². The van der Waals surface area contributed by atoms with Crippen LogP contribution in [0.5, 0.6) is 5.75 Å². The second-order valence-corrected chi connectivity index (χ2v) is 7.29. The predicted molar refractivity (Wildman–Crippen MR) is 113 cm³/mol. The highest BCUT2D eigenvalue weighted by Crippen LogP contribution is 2.35. The molecular weight excluding hydrogens is 398 g/mol. The number of rotatable bonds is 6. The van der Waals surface area contributed by atoms with Crippen molar-refractivity contribution < 1.29 is 23.9 Å². The van der Waals surface area contributed by atoms with Crippen LogP contribution < -0.4 is 15.4 Å². The van der Waals surface area contributed by atoms with E-state index in [9.17, 15) is 14.4 Å².